The molecule has 24 nitrogen and oxygen atoms in total. The number of hydrogen-bond donors (Lipinski definition) is 13. The number of hydrogen-bond acceptors (Lipinski definition) is 21. The van der Waals surface area contributed by atoms with Crippen molar-refractivity contribution in [3.05, 3.63) is 59.7 Å². The summed E-state index contributed by atoms with van der Waals surface area (Å²) in [7, 11) is 0. The van der Waals surface area contributed by atoms with Gasteiger partial charge in [-0.15, -0.1) is 0 Å². The molecule has 0 saturated carbocycles. The zero-order chi connectivity index (χ0) is 48.9. The minimum atomic E-state index is -2.06. The summed E-state index contributed by atoms with van der Waals surface area (Å²) in [5.41, 5.74) is 2.91. The predicted octanol–water partition coefficient (Wildman–Crippen LogP) is -4.69. The molecule has 24 heteroatoms. The Hall–Kier alpha value is -4.48. The Labute approximate surface area is 383 Å². The normalized spacial score (nSPS) is 33.4. The lowest BCUT2D eigenvalue weighted by Gasteiger charge is -2.48. The van der Waals surface area contributed by atoms with Crippen molar-refractivity contribution in [2.75, 3.05) is 33.0 Å². The van der Waals surface area contributed by atoms with E-state index in [4.69, 9.17) is 33.2 Å². The van der Waals surface area contributed by atoms with Gasteiger partial charge < -0.3 is 100 Å². The van der Waals surface area contributed by atoms with Crippen molar-refractivity contribution in [1.29, 1.82) is 0 Å². The van der Waals surface area contributed by atoms with Crippen molar-refractivity contribution in [2.24, 2.45) is 0 Å². The fraction of sp³-hybridized carbons (Fsp3) is 0.628. The van der Waals surface area contributed by atoms with E-state index >= 15 is 0 Å². The van der Waals surface area contributed by atoms with Gasteiger partial charge in [-0.25, -0.2) is 9.59 Å². The van der Waals surface area contributed by atoms with Crippen LogP contribution >= 0.6 is 0 Å². The van der Waals surface area contributed by atoms with Crippen LogP contribution in [0, 0.1) is 0 Å². The van der Waals surface area contributed by atoms with E-state index in [9.17, 15) is 70.2 Å². The van der Waals surface area contributed by atoms with Gasteiger partial charge in [0.25, 0.3) is 0 Å². The van der Waals surface area contributed by atoms with Gasteiger partial charge in [0.2, 0.25) is 11.8 Å². The third-order valence-electron chi connectivity index (χ3n) is 11.6. The lowest BCUT2D eigenvalue weighted by Crippen LogP contribution is -2.67. The maximum Gasteiger partial charge on any atom is 0.407 e. The molecule has 3 aliphatic heterocycles. The molecule has 3 heterocycles. The van der Waals surface area contributed by atoms with Crippen LogP contribution in [0.2, 0.25) is 0 Å². The van der Waals surface area contributed by atoms with Crippen molar-refractivity contribution in [2.45, 2.75) is 137 Å². The molecular weight excluding hydrogens is 894 g/mol. The maximum absolute atomic E-state index is 13.4. The number of nitrogens with one attached hydrogen (secondary N) is 3. The molecule has 0 spiro atoms. The van der Waals surface area contributed by atoms with Gasteiger partial charge in [0.1, 0.15) is 98.0 Å². The van der Waals surface area contributed by atoms with E-state index in [-0.39, 0.29) is 12.5 Å². The van der Waals surface area contributed by atoms with Crippen LogP contribution in [0.15, 0.2) is 48.5 Å². The number of esters is 1. The number of fused-ring (bicyclic) bond motifs is 3. The highest BCUT2D eigenvalue weighted by Gasteiger charge is 2.53. The summed E-state index contributed by atoms with van der Waals surface area (Å²) in [6, 6.07) is 13.8. The molecule has 13 N–H and O–H groups in total. The Bertz CT molecular complexity index is 1970. The monoisotopic (exact) mass is 953 g/mol. The summed E-state index contributed by atoms with van der Waals surface area (Å²) in [5, 5.41) is 112. The summed E-state index contributed by atoms with van der Waals surface area (Å²) in [4.78, 5) is 52.4. The lowest BCUT2D eigenvalue weighted by atomic mass is 9.95. The summed E-state index contributed by atoms with van der Waals surface area (Å²) in [6.45, 7) is 1.26. The SMILES string of the molecule is CC(C)(C)OC(=O)[C@H](CC(=O)N[C@@H]1O[C@H](CO)[C@@H](O[C@H]2O[C@H](CO)[C@@H](O[C@H]3O[C@H](CO)[C@@H](O)[C@H](O)[C@H]3O)[C@H](O)[C@H]2O)[C@H](O)[C@H]1O)NC(=O)CNC(=O)OCC1c2ccccc2-c2ccccc21. The summed E-state index contributed by atoms with van der Waals surface area (Å²) in [6.07, 6.45) is -28.9. The first-order valence-electron chi connectivity index (χ1n) is 21.5. The van der Waals surface area contributed by atoms with Gasteiger partial charge in [-0.3, -0.25) is 9.59 Å². The molecule has 2 aromatic carbocycles. The molecule has 0 unspecified atom stereocenters. The van der Waals surface area contributed by atoms with Gasteiger partial charge in [0.05, 0.1) is 26.2 Å². The van der Waals surface area contributed by atoms with E-state index in [2.05, 4.69) is 16.0 Å². The fourth-order valence-electron chi connectivity index (χ4n) is 8.21. The lowest BCUT2D eigenvalue weighted by molar-refractivity contribution is -0.373. The van der Waals surface area contributed by atoms with Crippen molar-refractivity contribution in [3.8, 4) is 11.1 Å². The summed E-state index contributed by atoms with van der Waals surface area (Å²) < 4.78 is 38.6. The Morgan fingerprint density at radius 3 is 1.70 bits per heavy atom. The van der Waals surface area contributed by atoms with Crippen LogP contribution in [-0.4, -0.2) is 212 Å². The zero-order valence-electron chi connectivity index (χ0n) is 36.6. The molecular formula is C43H59N3O21. The van der Waals surface area contributed by atoms with Crippen molar-refractivity contribution >= 4 is 23.9 Å². The van der Waals surface area contributed by atoms with Gasteiger partial charge in [-0.2, -0.15) is 0 Å². The van der Waals surface area contributed by atoms with Crippen LogP contribution < -0.4 is 16.0 Å². The average molecular weight is 954 g/mol. The van der Waals surface area contributed by atoms with E-state index < -0.39 is 160 Å². The Morgan fingerprint density at radius 1 is 0.642 bits per heavy atom. The molecule has 372 valence electrons. The number of ether oxygens (including phenoxy) is 7. The Kier molecular flexibility index (Phi) is 17.3. The minimum absolute atomic E-state index is 0.0351. The first-order chi connectivity index (χ1) is 31.8. The second kappa shape index (κ2) is 22.3. The molecule has 0 bridgehead atoms. The highest BCUT2D eigenvalue weighted by molar-refractivity contribution is 5.91. The van der Waals surface area contributed by atoms with Crippen LogP contribution in [0.4, 0.5) is 4.79 Å². The standard InChI is InChI=1S/C43H59N3O21/c1-43(2,3)67-39(59)23(45-28(51)13-44-42(60)61-17-22-20-10-6-4-8-18(20)19-9-5-7-11-21(19)22)12-27(50)46-38-33(56)31(54)36(25(15-48)62-38)65-41-35(58)32(55)37(26(16-49)64-41)66-40-34(57)30(53)29(52)24(14-47)63-40/h4-11,22-26,29-38,40-41,47-49,52-58H,12-17H2,1-3H3,(H,44,60)(H,45,51)(H,46,50)/t23-,24+,25+,26+,29+,30-,31+,32+,33+,34+,35+,36+,37+,38+,40+,41+/m0/s1. The molecule has 67 heavy (non-hydrogen) atoms. The Morgan fingerprint density at radius 2 is 1.15 bits per heavy atom. The topological polar surface area (TPSA) is 371 Å². The number of alkyl carbamates (subject to hydrolysis) is 1. The maximum atomic E-state index is 13.4. The number of rotatable bonds is 16. The molecule has 3 saturated heterocycles. The largest absolute Gasteiger partial charge is 0.458 e. The number of aliphatic hydroxyl groups excluding tert-OH is 10. The average Bonchev–Trinajstić information content (AvgIpc) is 3.62. The van der Waals surface area contributed by atoms with E-state index in [0.717, 1.165) is 22.3 Å². The third-order valence-corrected chi connectivity index (χ3v) is 11.6. The van der Waals surface area contributed by atoms with Gasteiger partial charge in [0, 0.05) is 5.92 Å². The molecule has 0 aromatic heterocycles. The molecule has 6 rings (SSSR count). The highest BCUT2D eigenvalue weighted by Crippen LogP contribution is 2.44. The van der Waals surface area contributed by atoms with Gasteiger partial charge >= 0.3 is 12.1 Å². The zero-order valence-corrected chi connectivity index (χ0v) is 36.6. The first kappa shape index (κ1) is 51.9. The minimum Gasteiger partial charge on any atom is -0.458 e. The second-order valence-corrected chi connectivity index (χ2v) is 17.5. The van der Waals surface area contributed by atoms with Crippen molar-refractivity contribution < 1.29 is 103 Å². The van der Waals surface area contributed by atoms with E-state index in [1.807, 2.05) is 48.5 Å². The molecule has 16 atom stereocenters. The van der Waals surface area contributed by atoms with Crippen LogP contribution in [0.3, 0.4) is 0 Å². The van der Waals surface area contributed by atoms with Crippen LogP contribution in [0.5, 0.6) is 0 Å². The molecule has 3 amide bonds. The smallest absolute Gasteiger partial charge is 0.407 e. The molecule has 3 fully saturated rings. The number of amides is 3. The number of carbonyl (C=O) groups is 4. The molecule has 1 aliphatic carbocycles. The van der Waals surface area contributed by atoms with Crippen LogP contribution in [0.1, 0.15) is 44.2 Å². The fourth-order valence-corrected chi connectivity index (χ4v) is 8.21. The first-order valence-corrected chi connectivity index (χ1v) is 21.5. The summed E-state index contributed by atoms with van der Waals surface area (Å²) >= 11 is 0. The van der Waals surface area contributed by atoms with E-state index in [1.165, 1.54) is 0 Å². The van der Waals surface area contributed by atoms with E-state index in [0.29, 0.717) is 0 Å². The molecule has 0 radical (unpaired) electrons. The number of aliphatic hydroxyl groups is 10. The second-order valence-electron chi connectivity index (χ2n) is 17.5. The quantitative estimate of drug-likeness (QED) is 0.0703. The van der Waals surface area contributed by atoms with Crippen LogP contribution in [-0.2, 0) is 47.5 Å². The van der Waals surface area contributed by atoms with Crippen molar-refractivity contribution in [1.82, 2.24) is 16.0 Å². The third kappa shape index (κ3) is 12.0. The highest BCUT2D eigenvalue weighted by atomic mass is 16.7. The van der Waals surface area contributed by atoms with Gasteiger partial charge in [-0.05, 0) is 43.0 Å². The number of carbonyl (C=O) groups excluding carboxylic acids is 4. The number of benzene rings is 2. The molecule has 4 aliphatic rings. The van der Waals surface area contributed by atoms with Gasteiger partial charge in [0.15, 0.2) is 18.8 Å². The van der Waals surface area contributed by atoms with Crippen LogP contribution in [0.25, 0.3) is 11.1 Å². The van der Waals surface area contributed by atoms with E-state index in [1.54, 1.807) is 20.8 Å². The van der Waals surface area contributed by atoms with Gasteiger partial charge in [-0.1, -0.05) is 48.5 Å². The summed E-state index contributed by atoms with van der Waals surface area (Å²) in [5.74, 6) is -3.23. The van der Waals surface area contributed by atoms with Crippen molar-refractivity contribution in [3.63, 3.8) is 0 Å². The molecule has 2 aromatic rings. The predicted molar refractivity (Wildman–Crippen MR) is 223 cm³/mol. The Balaban J connectivity index is 1.03.